The molecule has 0 bridgehead atoms. The highest BCUT2D eigenvalue weighted by Crippen LogP contribution is 2.28. The largest absolute Gasteiger partial charge is 0.481 e. The fraction of sp³-hybridized carbons (Fsp3) is 0.318. The van der Waals surface area contributed by atoms with Crippen molar-refractivity contribution in [3.05, 3.63) is 66.2 Å². The van der Waals surface area contributed by atoms with Gasteiger partial charge in [-0.2, -0.15) is 0 Å². The van der Waals surface area contributed by atoms with Crippen LogP contribution < -0.4 is 10.3 Å². The number of benzene rings is 2. The molecule has 0 aliphatic carbocycles. The van der Waals surface area contributed by atoms with E-state index < -0.39 is 12.0 Å². The van der Waals surface area contributed by atoms with E-state index in [1.807, 2.05) is 60.7 Å². The lowest BCUT2D eigenvalue weighted by Crippen LogP contribution is -2.47. The molecule has 1 heterocycles. The van der Waals surface area contributed by atoms with Crippen LogP contribution in [0.4, 0.5) is 5.69 Å². The topological polar surface area (TPSA) is 90.0 Å². The highest BCUT2D eigenvalue weighted by molar-refractivity contribution is 6.01. The first kappa shape index (κ1) is 20.5. The average molecular weight is 395 g/mol. The molecule has 1 saturated heterocycles. The van der Waals surface area contributed by atoms with Crippen LogP contribution in [0.1, 0.15) is 24.8 Å². The summed E-state index contributed by atoms with van der Waals surface area (Å²) >= 11 is 0. The van der Waals surface area contributed by atoms with E-state index in [-0.39, 0.29) is 30.7 Å². The number of hydrogen-bond donors (Lipinski definition) is 2. The Labute approximate surface area is 169 Å². The molecule has 2 N–H and O–H groups in total. The normalized spacial score (nSPS) is 19.3. The number of nitrogens with zero attached hydrogens (tertiary/aromatic N) is 2. The number of nitrogens with one attached hydrogen (secondary N) is 1. The van der Waals surface area contributed by atoms with E-state index in [2.05, 4.69) is 5.32 Å². The number of hydrogen-bond acceptors (Lipinski definition) is 4. The molecule has 2 aromatic rings. The zero-order valence-corrected chi connectivity index (χ0v) is 16.3. The predicted molar refractivity (Wildman–Crippen MR) is 109 cm³/mol. The van der Waals surface area contributed by atoms with Gasteiger partial charge in [0.15, 0.2) is 0 Å². The van der Waals surface area contributed by atoms with Gasteiger partial charge in [-0.3, -0.25) is 14.4 Å². The Balaban J connectivity index is 1.77. The number of hydrazine groups is 1. The second-order valence-electron chi connectivity index (χ2n) is 7.12. The summed E-state index contributed by atoms with van der Waals surface area (Å²) < 4.78 is 0. The first-order valence-corrected chi connectivity index (χ1v) is 9.64. The average Bonchev–Trinajstić information content (AvgIpc) is 2.93. The Kier molecular flexibility index (Phi) is 6.61. The number of amides is 2. The SMILES string of the molecule is CN1C(CCCC(=O)O)C(NC(=O)Cc2ccccc2)C(=O)N1c1ccccc1. The van der Waals surface area contributed by atoms with Gasteiger partial charge in [0, 0.05) is 13.5 Å². The Hall–Kier alpha value is -3.19. The number of para-hydroxylation sites is 1. The van der Waals surface area contributed by atoms with Crippen molar-refractivity contribution in [2.75, 3.05) is 12.1 Å². The van der Waals surface area contributed by atoms with Crippen molar-refractivity contribution in [2.45, 2.75) is 37.8 Å². The third-order valence-electron chi connectivity index (χ3n) is 5.07. The number of carboxylic acid groups (broad SMARTS) is 1. The number of carbonyl (C=O) groups excluding carboxylic acids is 2. The number of carbonyl (C=O) groups is 3. The molecular formula is C22H25N3O4. The monoisotopic (exact) mass is 395 g/mol. The molecule has 1 aliphatic heterocycles. The molecule has 2 aromatic carbocycles. The first-order valence-electron chi connectivity index (χ1n) is 9.64. The lowest BCUT2D eigenvalue weighted by atomic mass is 10.0. The van der Waals surface area contributed by atoms with E-state index in [0.717, 1.165) is 5.56 Å². The van der Waals surface area contributed by atoms with E-state index >= 15 is 0 Å². The van der Waals surface area contributed by atoms with Crippen molar-refractivity contribution in [1.82, 2.24) is 10.3 Å². The molecular weight excluding hydrogens is 370 g/mol. The molecule has 2 atom stereocenters. The summed E-state index contributed by atoms with van der Waals surface area (Å²) in [7, 11) is 1.79. The molecule has 29 heavy (non-hydrogen) atoms. The minimum absolute atomic E-state index is 0.0224. The fourth-order valence-electron chi connectivity index (χ4n) is 3.67. The molecule has 0 radical (unpaired) electrons. The van der Waals surface area contributed by atoms with E-state index in [9.17, 15) is 14.4 Å². The lowest BCUT2D eigenvalue weighted by Gasteiger charge is -2.28. The van der Waals surface area contributed by atoms with Gasteiger partial charge in [0.1, 0.15) is 6.04 Å². The highest BCUT2D eigenvalue weighted by Gasteiger charge is 2.45. The Morgan fingerprint density at radius 3 is 2.28 bits per heavy atom. The van der Waals surface area contributed by atoms with Gasteiger partial charge in [0.05, 0.1) is 18.2 Å². The van der Waals surface area contributed by atoms with E-state index in [1.54, 1.807) is 17.1 Å². The van der Waals surface area contributed by atoms with E-state index in [0.29, 0.717) is 18.5 Å². The number of carboxylic acids is 1. The van der Waals surface area contributed by atoms with Crippen LogP contribution in [0, 0.1) is 0 Å². The second kappa shape index (κ2) is 9.34. The zero-order valence-electron chi connectivity index (χ0n) is 16.3. The summed E-state index contributed by atoms with van der Waals surface area (Å²) in [6.45, 7) is 0. The van der Waals surface area contributed by atoms with Crippen molar-refractivity contribution in [3.63, 3.8) is 0 Å². The van der Waals surface area contributed by atoms with E-state index in [4.69, 9.17) is 5.11 Å². The Bertz CT molecular complexity index is 857. The van der Waals surface area contributed by atoms with Gasteiger partial charge in [-0.1, -0.05) is 48.5 Å². The maximum Gasteiger partial charge on any atom is 0.303 e. The standard InChI is InChI=1S/C22H25N3O4/c1-24-18(13-8-14-20(27)28)21(22(29)25(24)17-11-6-3-7-12-17)23-19(26)15-16-9-4-2-5-10-16/h2-7,9-12,18,21H,8,13-15H2,1H3,(H,23,26)(H,27,28). The predicted octanol–water partition coefficient (Wildman–Crippen LogP) is 2.23. The van der Waals surface area contributed by atoms with Gasteiger partial charge >= 0.3 is 5.97 Å². The maximum absolute atomic E-state index is 13.2. The van der Waals surface area contributed by atoms with E-state index in [1.165, 1.54) is 0 Å². The second-order valence-corrected chi connectivity index (χ2v) is 7.12. The van der Waals surface area contributed by atoms with Gasteiger partial charge in [0.25, 0.3) is 5.91 Å². The van der Waals surface area contributed by atoms with Gasteiger partial charge in [-0.15, -0.1) is 0 Å². The molecule has 1 aliphatic rings. The summed E-state index contributed by atoms with van der Waals surface area (Å²) in [5, 5.41) is 15.2. The van der Waals surface area contributed by atoms with Crippen LogP contribution in [-0.2, 0) is 20.8 Å². The van der Waals surface area contributed by atoms with Crippen LogP contribution in [-0.4, -0.2) is 47.0 Å². The molecule has 3 rings (SSSR count). The quantitative estimate of drug-likeness (QED) is 0.715. The van der Waals surface area contributed by atoms with Crippen molar-refractivity contribution >= 4 is 23.5 Å². The molecule has 2 amide bonds. The van der Waals surface area contributed by atoms with Crippen LogP contribution in [0.2, 0.25) is 0 Å². The number of likely N-dealkylation sites (N-methyl/N-ethyl adjacent to an activating group) is 1. The number of aliphatic carboxylic acids is 1. The number of rotatable bonds is 8. The highest BCUT2D eigenvalue weighted by atomic mass is 16.4. The zero-order chi connectivity index (χ0) is 20.8. The van der Waals surface area contributed by atoms with Gasteiger partial charge in [-0.25, -0.2) is 10.0 Å². The summed E-state index contributed by atoms with van der Waals surface area (Å²) in [5.74, 6) is -1.33. The van der Waals surface area contributed by atoms with Crippen molar-refractivity contribution in [1.29, 1.82) is 0 Å². The van der Waals surface area contributed by atoms with Crippen LogP contribution in [0.25, 0.3) is 0 Å². The van der Waals surface area contributed by atoms with Crippen LogP contribution >= 0.6 is 0 Å². The van der Waals surface area contributed by atoms with Crippen LogP contribution in [0.3, 0.4) is 0 Å². The van der Waals surface area contributed by atoms with Crippen molar-refractivity contribution < 1.29 is 19.5 Å². The minimum atomic E-state index is -0.874. The van der Waals surface area contributed by atoms with Gasteiger partial charge in [0.2, 0.25) is 5.91 Å². The molecule has 1 fully saturated rings. The van der Waals surface area contributed by atoms with Crippen molar-refractivity contribution in [3.8, 4) is 0 Å². The first-order chi connectivity index (χ1) is 14.0. The Morgan fingerprint density at radius 2 is 1.66 bits per heavy atom. The third-order valence-corrected chi connectivity index (χ3v) is 5.07. The third kappa shape index (κ3) is 5.00. The summed E-state index contributed by atoms with van der Waals surface area (Å²) in [6, 6.07) is 17.5. The summed E-state index contributed by atoms with van der Waals surface area (Å²) in [4.78, 5) is 36.7. The smallest absolute Gasteiger partial charge is 0.303 e. The summed E-state index contributed by atoms with van der Waals surface area (Å²) in [5.41, 5.74) is 1.58. The van der Waals surface area contributed by atoms with Gasteiger partial charge in [-0.05, 0) is 30.5 Å². The van der Waals surface area contributed by atoms with Gasteiger partial charge < -0.3 is 10.4 Å². The minimum Gasteiger partial charge on any atom is -0.481 e. The maximum atomic E-state index is 13.2. The molecule has 0 spiro atoms. The van der Waals surface area contributed by atoms with Crippen LogP contribution in [0.15, 0.2) is 60.7 Å². The number of anilines is 1. The molecule has 152 valence electrons. The fourth-order valence-corrected chi connectivity index (χ4v) is 3.67. The molecule has 7 nitrogen and oxygen atoms in total. The van der Waals surface area contributed by atoms with Crippen LogP contribution in [0.5, 0.6) is 0 Å². The lowest BCUT2D eigenvalue weighted by molar-refractivity contribution is -0.137. The van der Waals surface area contributed by atoms with Crippen molar-refractivity contribution in [2.24, 2.45) is 0 Å². The molecule has 7 heteroatoms. The summed E-state index contributed by atoms with van der Waals surface area (Å²) in [6.07, 6.45) is 1.11. The molecule has 2 unspecified atom stereocenters. The Morgan fingerprint density at radius 1 is 1.03 bits per heavy atom. The molecule has 0 aromatic heterocycles. The molecule has 0 saturated carbocycles.